The van der Waals surface area contributed by atoms with E-state index in [1.165, 1.54) is 7.11 Å². The zero-order valence-electron chi connectivity index (χ0n) is 53.2. The Labute approximate surface area is 515 Å². The smallest absolute Gasteiger partial charge is 0.303 e. The van der Waals surface area contributed by atoms with Gasteiger partial charge in [-0.25, -0.2) is 0 Å². The van der Waals surface area contributed by atoms with Crippen LogP contribution in [0.15, 0.2) is 0 Å². The molecule has 0 aromatic rings. The van der Waals surface area contributed by atoms with Crippen molar-refractivity contribution in [3.63, 3.8) is 0 Å². The van der Waals surface area contributed by atoms with E-state index in [0.717, 1.165) is 83.1 Å². The van der Waals surface area contributed by atoms with Crippen LogP contribution in [0.4, 0.5) is 0 Å². The number of amides is 4. The maximum Gasteiger partial charge on any atom is 0.303 e. The van der Waals surface area contributed by atoms with Crippen molar-refractivity contribution in [1.82, 2.24) is 21.3 Å². The fourth-order valence-corrected chi connectivity index (χ4v) is 11.3. The summed E-state index contributed by atoms with van der Waals surface area (Å²) in [6, 6.07) is -6.40. The minimum Gasteiger partial charge on any atom is -0.463 e. The lowest BCUT2D eigenvalue weighted by molar-refractivity contribution is -0.362. The van der Waals surface area contributed by atoms with Gasteiger partial charge in [0.05, 0.1) is 0 Å². The molecule has 0 aromatic carbocycles. The van der Waals surface area contributed by atoms with Gasteiger partial charge in [-0.05, 0) is 18.1 Å². The number of hydrogen-bond donors (Lipinski definition) is 4. The highest BCUT2D eigenvalue weighted by molar-refractivity contribution is 6.74. The van der Waals surface area contributed by atoms with Gasteiger partial charge < -0.3 is 101 Å². The number of methoxy groups -OCH3 is 1. The number of ether oxygens (including phenoxy) is 16. The van der Waals surface area contributed by atoms with Crippen molar-refractivity contribution in [2.75, 3.05) is 33.5 Å². The zero-order chi connectivity index (χ0) is 67.2. The van der Waals surface area contributed by atoms with Crippen LogP contribution in [0.3, 0.4) is 0 Å². The highest BCUT2D eigenvalue weighted by atomic mass is 28.4. The van der Waals surface area contributed by atoms with Crippen molar-refractivity contribution in [3.05, 3.63) is 0 Å². The molecule has 4 N–H and O–H groups in total. The lowest BCUT2D eigenvalue weighted by Gasteiger charge is -2.52. The van der Waals surface area contributed by atoms with Crippen LogP contribution in [0.1, 0.15) is 104 Å². The average molecular weight is 1300 g/mol. The van der Waals surface area contributed by atoms with Crippen LogP contribution in [0.5, 0.6) is 0 Å². The molecule has 33 nitrogen and oxygen atoms in total. The van der Waals surface area contributed by atoms with Crippen molar-refractivity contribution in [3.8, 4) is 0 Å². The molecule has 4 fully saturated rings. The second-order valence-corrected chi connectivity index (χ2v) is 27.7. The molecule has 34 heteroatoms. The van der Waals surface area contributed by atoms with E-state index in [1.54, 1.807) is 0 Å². The molecule has 0 saturated carbocycles. The SMILES string of the molecule is CO[C@H]1OC(COC(C)=O)[C@@H](OC2OC(COC(C)=O)C(O[C@H]3OC(COC(C)=O)[C@@H](OC4OC(COC(C)=O)C(O[Si](C)(C)C(C)(C)C)[C@H](OC(C)=O)[C@H]4NC(C)=O)C(OC(C)=O)[C@@H]3NC(C)=O)[C@H](OC(C)=O)[C@H]2NC(C)=O)C(OC(C)=O)[C@@H]1NC(C)=O. The summed E-state index contributed by atoms with van der Waals surface area (Å²) in [7, 11) is -1.69. The molecule has 89 heavy (non-hydrogen) atoms. The van der Waals surface area contributed by atoms with E-state index < -0.39 is 234 Å². The van der Waals surface area contributed by atoms with Crippen molar-refractivity contribution in [2.24, 2.45) is 0 Å². The summed E-state index contributed by atoms with van der Waals surface area (Å²) in [6.45, 7) is 19.7. The molecule has 10 unspecified atom stereocenters. The number of carbonyl (C=O) groups is 12. The molecule has 4 aliphatic rings. The second-order valence-electron chi connectivity index (χ2n) is 23.0. The third kappa shape index (κ3) is 21.9. The lowest BCUT2D eigenvalue weighted by atomic mass is 9.92. The van der Waals surface area contributed by atoms with Crippen molar-refractivity contribution < 1.29 is 138 Å². The molecule has 504 valence electrons. The Hall–Kier alpha value is -6.50. The van der Waals surface area contributed by atoms with Crippen LogP contribution in [0.2, 0.25) is 18.1 Å². The molecule has 0 aromatic heterocycles. The van der Waals surface area contributed by atoms with Gasteiger partial charge in [0.1, 0.15) is 99.4 Å². The molecule has 0 bridgehead atoms. The first-order chi connectivity index (χ1) is 41.3. The van der Waals surface area contributed by atoms with E-state index in [1.807, 2.05) is 33.9 Å². The fraction of sp³-hybridized carbons (Fsp3) is 0.782. The summed E-state index contributed by atoms with van der Waals surface area (Å²) in [5.74, 6) is -10.2. The Balaban J connectivity index is 2.00. The summed E-state index contributed by atoms with van der Waals surface area (Å²) in [5, 5.41) is 10.1. The van der Waals surface area contributed by atoms with Gasteiger partial charge in [0, 0.05) is 90.2 Å². The first-order valence-corrected chi connectivity index (χ1v) is 31.3. The van der Waals surface area contributed by atoms with E-state index >= 15 is 0 Å². The summed E-state index contributed by atoms with van der Waals surface area (Å²) in [4.78, 5) is 156. The van der Waals surface area contributed by atoms with Gasteiger partial charge in [-0.15, -0.1) is 0 Å². The lowest BCUT2D eigenvalue weighted by Crippen LogP contribution is -2.73. The second kappa shape index (κ2) is 33.0. The standard InChI is InChI=1S/C55H86N4O29Si/c1-23(60)56-39-47(77-31(9)68)43(35(19-73-27(5)64)81-51(39)72-16)85-52-40(57-24(2)61)48(78-32(10)69)44(36(82-52)20-74-28(6)65)86-53-41(58-25(3)62)49(79-33(11)70)45(37(83-53)21-75-29(7)66)87-54-42(59-26(4)63)50(80-34(12)71)46(38(84-54)22-76-30(8)67)88-89(17,18)55(13,14)15/h35-54H,19-22H2,1-18H3,(H,56,60)(H,57,61)(H,58,62)(H,59,63)/t35?,36?,37?,38?,39-,40+,41-,42+,43+,44?,45+,46?,47?,48+,49?,50+,51-,52?,53+,54?/m0/s1. The highest BCUT2D eigenvalue weighted by Crippen LogP contribution is 2.42. The molecule has 0 radical (unpaired) electrons. The summed E-state index contributed by atoms with van der Waals surface area (Å²) in [5.41, 5.74) is 0. The van der Waals surface area contributed by atoms with Crippen LogP contribution in [0, 0.1) is 0 Å². The molecule has 4 heterocycles. The Morgan fingerprint density at radius 2 is 0.573 bits per heavy atom. The molecule has 4 rings (SSSR count). The maximum absolute atomic E-state index is 13.5. The molecule has 4 amide bonds. The summed E-state index contributed by atoms with van der Waals surface area (Å²) in [6.07, 6.45) is -26.7. The molecular formula is C55H86N4O29Si. The van der Waals surface area contributed by atoms with Crippen molar-refractivity contribution in [2.45, 2.75) is 245 Å². The minimum absolute atomic E-state index is 0.483. The van der Waals surface area contributed by atoms with E-state index in [-0.39, 0.29) is 0 Å². The van der Waals surface area contributed by atoms with Crippen molar-refractivity contribution >= 4 is 79.7 Å². The van der Waals surface area contributed by atoms with Gasteiger partial charge in [-0.2, -0.15) is 0 Å². The minimum atomic E-state index is -2.90. The van der Waals surface area contributed by atoms with Gasteiger partial charge in [0.2, 0.25) is 23.6 Å². The van der Waals surface area contributed by atoms with E-state index in [9.17, 15) is 57.5 Å². The van der Waals surface area contributed by atoms with Gasteiger partial charge in [-0.1, -0.05) is 20.8 Å². The largest absolute Gasteiger partial charge is 0.463 e. The Kier molecular flexibility index (Phi) is 27.8. The number of hydrogen-bond acceptors (Lipinski definition) is 29. The predicted octanol–water partition coefficient (Wildman–Crippen LogP) is -0.924. The Bertz CT molecular complexity index is 2550. The predicted molar refractivity (Wildman–Crippen MR) is 298 cm³/mol. The quantitative estimate of drug-likeness (QED) is 0.0488. The van der Waals surface area contributed by atoms with Crippen LogP contribution in [-0.2, 0) is 138 Å². The Morgan fingerprint density at radius 3 is 0.787 bits per heavy atom. The number of nitrogens with one attached hydrogen (secondary N) is 4. The van der Waals surface area contributed by atoms with Crippen LogP contribution < -0.4 is 21.3 Å². The van der Waals surface area contributed by atoms with Gasteiger partial charge in [0.15, 0.2) is 57.9 Å². The fourth-order valence-electron chi connectivity index (χ4n) is 9.99. The van der Waals surface area contributed by atoms with E-state index in [0.29, 0.717) is 0 Å². The monoisotopic (exact) mass is 1290 g/mol. The number of carbonyl (C=O) groups excluding carboxylic acids is 12. The van der Waals surface area contributed by atoms with Gasteiger partial charge >= 0.3 is 47.8 Å². The van der Waals surface area contributed by atoms with Gasteiger partial charge in [0.25, 0.3) is 0 Å². The zero-order valence-corrected chi connectivity index (χ0v) is 54.2. The van der Waals surface area contributed by atoms with E-state index in [4.69, 9.17) is 80.2 Å². The van der Waals surface area contributed by atoms with Crippen molar-refractivity contribution in [1.29, 1.82) is 0 Å². The molecule has 4 aliphatic heterocycles. The topological polar surface area (TPSA) is 410 Å². The molecular weight excluding hydrogens is 1210 g/mol. The number of rotatable bonds is 25. The van der Waals surface area contributed by atoms with E-state index in [2.05, 4.69) is 21.3 Å². The van der Waals surface area contributed by atoms with Crippen LogP contribution in [0.25, 0.3) is 0 Å². The van der Waals surface area contributed by atoms with Gasteiger partial charge in [-0.3, -0.25) is 57.5 Å². The normalized spacial score (nSPS) is 32.0. The number of esters is 8. The first-order valence-electron chi connectivity index (χ1n) is 28.4. The van der Waals surface area contributed by atoms with Crippen LogP contribution >= 0.6 is 0 Å². The van der Waals surface area contributed by atoms with Crippen LogP contribution in [-0.4, -0.2) is 236 Å². The third-order valence-electron chi connectivity index (χ3n) is 14.4. The maximum atomic E-state index is 13.5. The molecule has 20 atom stereocenters. The third-order valence-corrected chi connectivity index (χ3v) is 18.9. The molecule has 4 saturated heterocycles. The first kappa shape index (κ1) is 75.0. The average Bonchev–Trinajstić information content (AvgIpc) is 1.40. The molecule has 0 spiro atoms. The summed E-state index contributed by atoms with van der Waals surface area (Å²) >= 11 is 0. The Morgan fingerprint density at radius 1 is 0.348 bits per heavy atom. The summed E-state index contributed by atoms with van der Waals surface area (Å²) < 4.78 is 104. The highest BCUT2D eigenvalue weighted by Gasteiger charge is 2.60. The molecule has 0 aliphatic carbocycles.